The molecule has 1 amide bonds. The number of alkyl halides is 3. The van der Waals surface area contributed by atoms with Gasteiger partial charge in [0.05, 0.1) is 15.1 Å². The third-order valence-electron chi connectivity index (χ3n) is 5.40. The monoisotopic (exact) mass is 584 g/mol. The summed E-state index contributed by atoms with van der Waals surface area (Å²) in [5.74, 6) is -0.468. The summed E-state index contributed by atoms with van der Waals surface area (Å²) in [7, 11) is 0. The number of hydrogen-bond acceptors (Lipinski definition) is 3. The highest BCUT2D eigenvalue weighted by atomic mass is 79.9. The van der Waals surface area contributed by atoms with Crippen LogP contribution in [-0.4, -0.2) is 5.91 Å². The highest BCUT2D eigenvalue weighted by Gasteiger charge is 2.30. The summed E-state index contributed by atoms with van der Waals surface area (Å²) in [4.78, 5) is 12.6. The van der Waals surface area contributed by atoms with Gasteiger partial charge in [0.1, 0.15) is 18.2 Å². The van der Waals surface area contributed by atoms with Gasteiger partial charge in [0.25, 0.3) is 5.91 Å². The van der Waals surface area contributed by atoms with E-state index in [2.05, 4.69) is 21.2 Å². The number of amides is 1. The van der Waals surface area contributed by atoms with Gasteiger partial charge in [-0.2, -0.15) is 18.4 Å². The van der Waals surface area contributed by atoms with Crippen molar-refractivity contribution in [3.8, 4) is 11.8 Å². The maximum atomic E-state index is 12.9. The molecule has 0 unspecified atom stereocenters. The number of carbonyl (C=O) groups excluding carboxylic acids is 1. The molecule has 186 valence electrons. The van der Waals surface area contributed by atoms with E-state index in [1.165, 1.54) is 24.3 Å². The standard InChI is InChI=1S/C28H17BrClF3N2O2/c29-24-12-17(11-20(15-34)27(36)35-22-9-4-8-21(14-22)28(31,32)33)13-25(30)26(24)37-16-19-7-3-6-18-5-1-2-10-23(18)19/h1-14H,16H2,(H,35,36)/b20-11-. The number of carbonyl (C=O) groups is 1. The van der Waals surface area contributed by atoms with Crippen molar-refractivity contribution in [2.24, 2.45) is 0 Å². The highest BCUT2D eigenvalue weighted by Crippen LogP contribution is 2.36. The van der Waals surface area contributed by atoms with Gasteiger partial charge in [0, 0.05) is 5.69 Å². The topological polar surface area (TPSA) is 62.1 Å². The Kier molecular flexibility index (Phi) is 7.86. The van der Waals surface area contributed by atoms with Crippen molar-refractivity contribution in [2.45, 2.75) is 12.8 Å². The van der Waals surface area contributed by atoms with E-state index in [1.807, 2.05) is 42.5 Å². The lowest BCUT2D eigenvalue weighted by Crippen LogP contribution is -2.14. The molecule has 37 heavy (non-hydrogen) atoms. The Hall–Kier alpha value is -3.80. The number of nitriles is 1. The van der Waals surface area contributed by atoms with Crippen LogP contribution in [0.3, 0.4) is 0 Å². The summed E-state index contributed by atoms with van der Waals surface area (Å²) in [6, 6.07) is 22.9. The molecule has 1 N–H and O–H groups in total. The summed E-state index contributed by atoms with van der Waals surface area (Å²) in [5, 5.41) is 14.2. The lowest BCUT2D eigenvalue weighted by molar-refractivity contribution is -0.137. The van der Waals surface area contributed by atoms with Crippen LogP contribution in [0.2, 0.25) is 5.02 Å². The first-order chi connectivity index (χ1) is 17.7. The molecule has 0 heterocycles. The SMILES string of the molecule is N#C/C(=C/c1cc(Cl)c(OCc2cccc3ccccc23)c(Br)c1)C(=O)Nc1cccc(C(F)(F)F)c1. The van der Waals surface area contributed by atoms with Gasteiger partial charge >= 0.3 is 6.18 Å². The van der Waals surface area contributed by atoms with E-state index in [9.17, 15) is 23.2 Å². The first-order valence-electron chi connectivity index (χ1n) is 10.8. The molecule has 4 rings (SSSR count). The first-order valence-corrected chi connectivity index (χ1v) is 12.0. The maximum Gasteiger partial charge on any atom is 0.416 e. The normalized spacial score (nSPS) is 11.7. The number of nitrogens with one attached hydrogen (secondary N) is 1. The van der Waals surface area contributed by atoms with E-state index in [-0.39, 0.29) is 22.9 Å². The molecule has 0 aromatic heterocycles. The number of ether oxygens (including phenoxy) is 1. The summed E-state index contributed by atoms with van der Waals surface area (Å²) >= 11 is 9.86. The van der Waals surface area contributed by atoms with Crippen LogP contribution in [0.15, 0.2) is 88.9 Å². The second kappa shape index (κ2) is 11.1. The van der Waals surface area contributed by atoms with Crippen molar-refractivity contribution in [1.82, 2.24) is 0 Å². The van der Waals surface area contributed by atoms with Gasteiger partial charge in [0.15, 0.2) is 5.75 Å². The lowest BCUT2D eigenvalue weighted by atomic mass is 10.1. The molecule has 0 aliphatic rings. The van der Waals surface area contributed by atoms with Crippen molar-refractivity contribution in [3.63, 3.8) is 0 Å². The van der Waals surface area contributed by atoms with Crippen LogP contribution in [0.5, 0.6) is 5.75 Å². The van der Waals surface area contributed by atoms with Crippen LogP contribution in [0.25, 0.3) is 16.8 Å². The van der Waals surface area contributed by atoms with Crippen molar-refractivity contribution >= 4 is 56.0 Å². The third kappa shape index (κ3) is 6.31. The average Bonchev–Trinajstić information content (AvgIpc) is 2.86. The number of halogens is 5. The Morgan fingerprint density at radius 1 is 1.05 bits per heavy atom. The van der Waals surface area contributed by atoms with Crippen LogP contribution >= 0.6 is 27.5 Å². The molecular weight excluding hydrogens is 569 g/mol. The number of hydrogen-bond donors (Lipinski definition) is 1. The minimum Gasteiger partial charge on any atom is -0.486 e. The molecule has 0 saturated heterocycles. The molecular formula is C28H17BrClF3N2O2. The number of rotatable bonds is 6. The fraction of sp³-hybridized carbons (Fsp3) is 0.0714. The van der Waals surface area contributed by atoms with Gasteiger partial charge in [-0.05, 0) is 74.2 Å². The number of nitrogens with zero attached hydrogens (tertiary/aromatic N) is 1. The summed E-state index contributed by atoms with van der Waals surface area (Å²) in [6.07, 6.45) is -3.27. The minimum atomic E-state index is -4.56. The molecule has 0 fully saturated rings. The van der Waals surface area contributed by atoms with Crippen molar-refractivity contribution < 1.29 is 22.7 Å². The summed E-state index contributed by atoms with van der Waals surface area (Å²) in [6.45, 7) is 0.262. The Bertz CT molecular complexity index is 1530. The number of anilines is 1. The van der Waals surface area contributed by atoms with E-state index in [4.69, 9.17) is 16.3 Å². The van der Waals surface area contributed by atoms with Crippen molar-refractivity contribution in [1.29, 1.82) is 5.26 Å². The first kappa shape index (κ1) is 26.3. The quantitative estimate of drug-likeness (QED) is 0.183. The van der Waals surface area contributed by atoms with E-state index in [0.717, 1.165) is 28.5 Å². The van der Waals surface area contributed by atoms with Crippen LogP contribution < -0.4 is 10.1 Å². The molecule has 0 spiro atoms. The number of fused-ring (bicyclic) bond motifs is 1. The minimum absolute atomic E-state index is 0.0858. The van der Waals surface area contributed by atoms with Gasteiger partial charge in [0.2, 0.25) is 0 Å². The van der Waals surface area contributed by atoms with Crippen LogP contribution in [-0.2, 0) is 17.6 Å². The summed E-state index contributed by atoms with van der Waals surface area (Å²) in [5.41, 5.74) is 0.0814. The molecule has 0 bridgehead atoms. The predicted octanol–water partition coefficient (Wildman–Crippen LogP) is 8.40. The zero-order valence-corrected chi connectivity index (χ0v) is 21.3. The fourth-order valence-electron chi connectivity index (χ4n) is 3.66. The Morgan fingerprint density at radius 2 is 1.78 bits per heavy atom. The molecule has 4 aromatic carbocycles. The Morgan fingerprint density at radius 3 is 2.51 bits per heavy atom. The summed E-state index contributed by atoms with van der Waals surface area (Å²) < 4.78 is 45.3. The third-order valence-corrected chi connectivity index (χ3v) is 6.27. The Labute approximate surface area is 224 Å². The van der Waals surface area contributed by atoms with Crippen molar-refractivity contribution in [2.75, 3.05) is 5.32 Å². The second-order valence-corrected chi connectivity index (χ2v) is 9.20. The van der Waals surface area contributed by atoms with Gasteiger partial charge in [-0.15, -0.1) is 0 Å². The van der Waals surface area contributed by atoms with Crippen molar-refractivity contribution in [3.05, 3.63) is 111 Å². The molecule has 0 atom stereocenters. The van der Waals surface area contributed by atoms with Gasteiger partial charge < -0.3 is 10.1 Å². The van der Waals surface area contributed by atoms with Crippen LogP contribution in [0.4, 0.5) is 18.9 Å². The van der Waals surface area contributed by atoms with E-state index in [0.29, 0.717) is 15.8 Å². The molecule has 0 aliphatic heterocycles. The molecule has 0 aliphatic carbocycles. The van der Waals surface area contributed by atoms with Gasteiger partial charge in [-0.1, -0.05) is 60.1 Å². The zero-order valence-electron chi connectivity index (χ0n) is 18.9. The van der Waals surface area contributed by atoms with E-state index >= 15 is 0 Å². The molecule has 0 radical (unpaired) electrons. The molecule has 9 heteroatoms. The van der Waals surface area contributed by atoms with Crippen LogP contribution in [0.1, 0.15) is 16.7 Å². The predicted molar refractivity (Wildman–Crippen MR) is 141 cm³/mol. The molecule has 4 nitrogen and oxygen atoms in total. The lowest BCUT2D eigenvalue weighted by Gasteiger charge is -2.13. The maximum absolute atomic E-state index is 12.9. The molecule has 0 saturated carbocycles. The fourth-order valence-corrected chi connectivity index (χ4v) is 4.64. The van der Waals surface area contributed by atoms with E-state index in [1.54, 1.807) is 12.1 Å². The largest absolute Gasteiger partial charge is 0.486 e. The molecule has 4 aromatic rings. The highest BCUT2D eigenvalue weighted by molar-refractivity contribution is 9.10. The Balaban J connectivity index is 1.52. The van der Waals surface area contributed by atoms with Gasteiger partial charge in [-0.25, -0.2) is 0 Å². The average molecular weight is 586 g/mol. The van der Waals surface area contributed by atoms with E-state index < -0.39 is 17.6 Å². The smallest absolute Gasteiger partial charge is 0.416 e. The van der Waals surface area contributed by atoms with Gasteiger partial charge in [-0.3, -0.25) is 4.79 Å². The van der Waals surface area contributed by atoms with Crippen LogP contribution in [0, 0.1) is 11.3 Å². The second-order valence-electron chi connectivity index (χ2n) is 7.94. The number of benzene rings is 4. The zero-order chi connectivity index (χ0) is 26.6.